The van der Waals surface area contributed by atoms with Crippen LogP contribution in [0.5, 0.6) is 0 Å². The van der Waals surface area contributed by atoms with E-state index in [-0.39, 0.29) is 5.91 Å². The molecule has 0 atom stereocenters. The fraction of sp³-hybridized carbons (Fsp3) is 0.308. The highest BCUT2D eigenvalue weighted by molar-refractivity contribution is 5.75. The van der Waals surface area contributed by atoms with Gasteiger partial charge < -0.3 is 10.6 Å². The van der Waals surface area contributed by atoms with Crippen molar-refractivity contribution in [1.82, 2.24) is 5.32 Å². The van der Waals surface area contributed by atoms with Gasteiger partial charge in [0.25, 0.3) is 0 Å². The summed E-state index contributed by atoms with van der Waals surface area (Å²) >= 11 is 0. The molecule has 1 amide bonds. The lowest BCUT2D eigenvalue weighted by Gasteiger charge is -2.06. The van der Waals surface area contributed by atoms with Crippen molar-refractivity contribution >= 4 is 11.6 Å². The molecule has 92 valence electrons. The first-order valence-electron chi connectivity index (χ1n) is 5.60. The Morgan fingerprint density at radius 3 is 2.61 bits per heavy atom. The molecule has 1 aromatic carbocycles. The molecule has 5 heteroatoms. The Labute approximate surface area is 106 Å². The molecule has 0 bridgehead atoms. The summed E-state index contributed by atoms with van der Waals surface area (Å²) in [7, 11) is 1.61. The summed E-state index contributed by atoms with van der Waals surface area (Å²) in [5, 5.41) is 23.3. The second-order valence-electron chi connectivity index (χ2n) is 3.69. The third-order valence-corrected chi connectivity index (χ3v) is 2.45. The zero-order valence-corrected chi connectivity index (χ0v) is 10.2. The van der Waals surface area contributed by atoms with Crippen LogP contribution in [-0.4, -0.2) is 19.5 Å². The Kier molecular flexibility index (Phi) is 5.21. The van der Waals surface area contributed by atoms with E-state index in [1.165, 1.54) is 0 Å². The van der Waals surface area contributed by atoms with Crippen LogP contribution in [0.1, 0.15) is 24.0 Å². The lowest BCUT2D eigenvalue weighted by molar-refractivity contribution is -0.120. The van der Waals surface area contributed by atoms with Crippen LogP contribution >= 0.6 is 0 Å². The third-order valence-electron chi connectivity index (χ3n) is 2.45. The van der Waals surface area contributed by atoms with E-state index in [0.717, 1.165) is 5.69 Å². The number of nitrogens with zero attached hydrogens (tertiary/aromatic N) is 2. The number of rotatable bonds is 5. The minimum atomic E-state index is 0.00865. The summed E-state index contributed by atoms with van der Waals surface area (Å²) in [6, 6.07) is 8.94. The lowest BCUT2D eigenvalue weighted by atomic mass is 10.1. The number of hydrogen-bond donors (Lipinski definition) is 2. The van der Waals surface area contributed by atoms with Gasteiger partial charge in [0.05, 0.1) is 11.1 Å². The van der Waals surface area contributed by atoms with E-state index in [1.54, 1.807) is 25.2 Å². The van der Waals surface area contributed by atoms with E-state index < -0.39 is 0 Å². The fourth-order valence-corrected chi connectivity index (χ4v) is 1.45. The summed E-state index contributed by atoms with van der Waals surface area (Å²) in [4.78, 5) is 11.0. The number of carbonyl (C=O) groups excluding carboxylic acids is 1. The Bertz CT molecular complexity index is 511. The largest absolute Gasteiger partial charge is 0.385 e. The van der Waals surface area contributed by atoms with E-state index in [0.29, 0.717) is 30.5 Å². The third kappa shape index (κ3) is 3.80. The monoisotopic (exact) mass is 242 g/mol. The summed E-state index contributed by atoms with van der Waals surface area (Å²) < 4.78 is 0. The van der Waals surface area contributed by atoms with Gasteiger partial charge in [-0.1, -0.05) is 0 Å². The average molecular weight is 242 g/mol. The van der Waals surface area contributed by atoms with Gasteiger partial charge in [0.15, 0.2) is 0 Å². The zero-order valence-electron chi connectivity index (χ0n) is 10.2. The molecule has 0 aliphatic carbocycles. The van der Waals surface area contributed by atoms with Crippen molar-refractivity contribution < 1.29 is 4.79 Å². The summed E-state index contributed by atoms with van der Waals surface area (Å²) in [5.74, 6) is 0.00865. The van der Waals surface area contributed by atoms with Gasteiger partial charge in [-0.05, 0) is 24.6 Å². The maximum absolute atomic E-state index is 11.0. The number of nitriles is 2. The zero-order chi connectivity index (χ0) is 13.4. The van der Waals surface area contributed by atoms with Crippen LogP contribution in [0, 0.1) is 22.7 Å². The van der Waals surface area contributed by atoms with Crippen molar-refractivity contribution in [3.8, 4) is 12.1 Å². The fourth-order valence-electron chi connectivity index (χ4n) is 1.45. The van der Waals surface area contributed by atoms with Crippen molar-refractivity contribution in [1.29, 1.82) is 10.5 Å². The molecule has 2 N–H and O–H groups in total. The first kappa shape index (κ1) is 13.5. The lowest BCUT2D eigenvalue weighted by Crippen LogP contribution is -2.18. The van der Waals surface area contributed by atoms with Gasteiger partial charge in [0.2, 0.25) is 5.91 Å². The molecule has 0 aliphatic rings. The second-order valence-corrected chi connectivity index (χ2v) is 3.69. The highest BCUT2D eigenvalue weighted by Gasteiger charge is 2.02. The van der Waals surface area contributed by atoms with E-state index in [4.69, 9.17) is 10.5 Å². The van der Waals surface area contributed by atoms with Crippen LogP contribution in [-0.2, 0) is 4.79 Å². The first-order valence-corrected chi connectivity index (χ1v) is 5.60. The number of carbonyl (C=O) groups is 1. The number of nitrogens with one attached hydrogen (secondary N) is 2. The molecular weight excluding hydrogens is 228 g/mol. The van der Waals surface area contributed by atoms with E-state index in [2.05, 4.69) is 10.6 Å². The topological polar surface area (TPSA) is 88.7 Å². The van der Waals surface area contributed by atoms with Crippen molar-refractivity contribution in [2.24, 2.45) is 0 Å². The standard InChI is InChI=1S/C13H14N4O/c1-16-13(18)3-2-6-17-12-5-4-10(8-14)11(7-12)9-15/h4-5,7,17H,2-3,6H2,1H3,(H,16,18). The quantitative estimate of drug-likeness (QED) is 0.763. The molecule has 18 heavy (non-hydrogen) atoms. The van der Waals surface area contributed by atoms with Crippen LogP contribution in [0.25, 0.3) is 0 Å². The SMILES string of the molecule is CNC(=O)CCCNc1ccc(C#N)c(C#N)c1. The van der Waals surface area contributed by atoms with Crippen LogP contribution < -0.4 is 10.6 Å². The van der Waals surface area contributed by atoms with Gasteiger partial charge in [-0.25, -0.2) is 0 Å². The van der Waals surface area contributed by atoms with Crippen molar-refractivity contribution in [2.45, 2.75) is 12.8 Å². The maximum Gasteiger partial charge on any atom is 0.219 e. The number of anilines is 1. The number of hydrogen-bond acceptors (Lipinski definition) is 4. The molecule has 0 heterocycles. The Hall–Kier alpha value is -2.53. The minimum absolute atomic E-state index is 0.00865. The first-order chi connectivity index (χ1) is 8.71. The molecule has 0 aromatic heterocycles. The Morgan fingerprint density at radius 1 is 1.28 bits per heavy atom. The molecule has 0 saturated heterocycles. The van der Waals surface area contributed by atoms with Crippen molar-refractivity contribution in [2.75, 3.05) is 18.9 Å². The van der Waals surface area contributed by atoms with Crippen LogP contribution in [0.3, 0.4) is 0 Å². The van der Waals surface area contributed by atoms with Gasteiger partial charge >= 0.3 is 0 Å². The van der Waals surface area contributed by atoms with Gasteiger partial charge in [0.1, 0.15) is 12.1 Å². The average Bonchev–Trinajstić information content (AvgIpc) is 2.42. The van der Waals surface area contributed by atoms with E-state index in [1.807, 2.05) is 12.1 Å². The molecule has 0 aliphatic heterocycles. The summed E-state index contributed by atoms with van der Waals surface area (Å²) in [6.45, 7) is 0.643. The molecular formula is C13H14N4O. The van der Waals surface area contributed by atoms with Gasteiger partial charge in [-0.15, -0.1) is 0 Å². The maximum atomic E-state index is 11.0. The molecule has 5 nitrogen and oxygen atoms in total. The molecule has 0 saturated carbocycles. The summed E-state index contributed by atoms with van der Waals surface area (Å²) in [6.07, 6.45) is 1.17. The van der Waals surface area contributed by atoms with Crippen molar-refractivity contribution in [3.05, 3.63) is 29.3 Å². The van der Waals surface area contributed by atoms with E-state index >= 15 is 0 Å². The number of amides is 1. The summed E-state index contributed by atoms with van der Waals surface area (Å²) in [5.41, 5.74) is 1.50. The van der Waals surface area contributed by atoms with Gasteiger partial charge in [0, 0.05) is 25.7 Å². The van der Waals surface area contributed by atoms with Crippen LogP contribution in [0.4, 0.5) is 5.69 Å². The minimum Gasteiger partial charge on any atom is -0.385 e. The predicted octanol–water partition coefficient (Wildman–Crippen LogP) is 1.37. The van der Waals surface area contributed by atoms with Gasteiger partial charge in [-0.3, -0.25) is 4.79 Å². The molecule has 0 spiro atoms. The molecule has 0 unspecified atom stereocenters. The molecule has 1 aromatic rings. The molecule has 0 radical (unpaired) electrons. The smallest absolute Gasteiger partial charge is 0.219 e. The van der Waals surface area contributed by atoms with Gasteiger partial charge in [-0.2, -0.15) is 10.5 Å². The predicted molar refractivity (Wildman–Crippen MR) is 67.7 cm³/mol. The second kappa shape index (κ2) is 6.93. The highest BCUT2D eigenvalue weighted by Crippen LogP contribution is 2.14. The Balaban J connectivity index is 2.52. The normalized spacial score (nSPS) is 9.06. The molecule has 1 rings (SSSR count). The van der Waals surface area contributed by atoms with Crippen LogP contribution in [0.15, 0.2) is 18.2 Å². The molecule has 0 fully saturated rings. The highest BCUT2D eigenvalue weighted by atomic mass is 16.1. The Morgan fingerprint density at radius 2 is 2.00 bits per heavy atom. The number of benzene rings is 1. The van der Waals surface area contributed by atoms with Crippen molar-refractivity contribution in [3.63, 3.8) is 0 Å². The van der Waals surface area contributed by atoms with E-state index in [9.17, 15) is 4.79 Å². The van der Waals surface area contributed by atoms with Crippen LogP contribution in [0.2, 0.25) is 0 Å².